The highest BCUT2D eigenvalue weighted by atomic mass is 32.1. The van der Waals surface area contributed by atoms with Crippen LogP contribution in [-0.4, -0.2) is 17.6 Å². The Labute approximate surface area is 87.9 Å². The quantitative estimate of drug-likeness (QED) is 0.734. The normalized spacial score (nSPS) is 9.57. The van der Waals surface area contributed by atoms with Gasteiger partial charge in [-0.05, 0) is 19.1 Å². The van der Waals surface area contributed by atoms with Gasteiger partial charge in [-0.2, -0.15) is 0 Å². The summed E-state index contributed by atoms with van der Waals surface area (Å²) < 4.78 is 0. The van der Waals surface area contributed by atoms with Crippen LogP contribution in [0.2, 0.25) is 0 Å². The minimum atomic E-state index is -0.356. The second kappa shape index (κ2) is 4.81. The minimum Gasteiger partial charge on any atom is -0.344 e. The van der Waals surface area contributed by atoms with Gasteiger partial charge in [0.05, 0.1) is 6.54 Å². The Morgan fingerprint density at radius 2 is 1.86 bits per heavy atom. The topological polar surface area (TPSA) is 46.2 Å². The summed E-state index contributed by atoms with van der Waals surface area (Å²) in [6, 6.07) is 7.12. The molecule has 0 saturated carbocycles. The monoisotopic (exact) mass is 209 g/mol. The van der Waals surface area contributed by atoms with Gasteiger partial charge in [0, 0.05) is 5.56 Å². The molecule has 0 radical (unpaired) electrons. The summed E-state index contributed by atoms with van der Waals surface area (Å²) in [4.78, 5) is 21.8. The van der Waals surface area contributed by atoms with E-state index in [2.05, 4.69) is 17.9 Å². The molecule has 74 valence electrons. The van der Waals surface area contributed by atoms with Crippen molar-refractivity contribution in [2.24, 2.45) is 0 Å². The average molecular weight is 209 g/mol. The van der Waals surface area contributed by atoms with E-state index in [-0.39, 0.29) is 17.6 Å². The molecule has 0 aromatic heterocycles. The molecule has 0 fully saturated rings. The summed E-state index contributed by atoms with van der Waals surface area (Å²) in [6.45, 7) is 1.90. The highest BCUT2D eigenvalue weighted by molar-refractivity contribution is 7.96. The first kappa shape index (κ1) is 10.8. The van der Waals surface area contributed by atoms with Crippen LogP contribution in [0.15, 0.2) is 24.3 Å². The van der Waals surface area contributed by atoms with Gasteiger partial charge in [-0.3, -0.25) is 9.59 Å². The van der Waals surface area contributed by atoms with Gasteiger partial charge < -0.3 is 5.32 Å². The largest absolute Gasteiger partial charge is 0.344 e. The number of nitrogens with one attached hydrogen (secondary N) is 1. The molecule has 1 N–H and O–H groups in total. The van der Waals surface area contributed by atoms with Crippen molar-refractivity contribution in [3.8, 4) is 0 Å². The van der Waals surface area contributed by atoms with Crippen LogP contribution in [0.1, 0.15) is 15.9 Å². The Balaban J connectivity index is 2.61. The maximum absolute atomic E-state index is 11.4. The zero-order valence-corrected chi connectivity index (χ0v) is 8.67. The van der Waals surface area contributed by atoms with Crippen LogP contribution in [0, 0.1) is 6.92 Å². The Hall–Kier alpha value is -1.29. The van der Waals surface area contributed by atoms with Crippen LogP contribution in [0.5, 0.6) is 0 Å². The Kier molecular flexibility index (Phi) is 3.71. The van der Waals surface area contributed by atoms with Crippen molar-refractivity contribution < 1.29 is 9.59 Å². The summed E-state index contributed by atoms with van der Waals surface area (Å²) in [6.07, 6.45) is 0. The predicted molar refractivity (Wildman–Crippen MR) is 57.5 cm³/mol. The lowest BCUT2D eigenvalue weighted by atomic mass is 10.1. The molecule has 1 amide bonds. The maximum atomic E-state index is 11.4. The molecule has 14 heavy (non-hydrogen) atoms. The molecule has 1 aromatic carbocycles. The van der Waals surface area contributed by atoms with Crippen molar-refractivity contribution >= 4 is 23.7 Å². The number of hydrogen-bond acceptors (Lipinski definition) is 2. The molecule has 4 heteroatoms. The van der Waals surface area contributed by atoms with Gasteiger partial charge in [-0.25, -0.2) is 0 Å². The predicted octanol–water partition coefficient (Wildman–Crippen LogP) is 1.18. The second-order valence-corrected chi connectivity index (χ2v) is 3.44. The van der Waals surface area contributed by atoms with Gasteiger partial charge >= 0.3 is 0 Å². The third kappa shape index (κ3) is 3.22. The van der Waals surface area contributed by atoms with E-state index in [9.17, 15) is 9.59 Å². The molecule has 1 rings (SSSR count). The Morgan fingerprint density at radius 3 is 2.36 bits per heavy atom. The van der Waals surface area contributed by atoms with Gasteiger partial charge in [0.15, 0.2) is 0 Å². The molecule has 0 aliphatic carbocycles. The molecular weight excluding hydrogens is 198 g/mol. The third-order valence-electron chi connectivity index (χ3n) is 1.71. The third-order valence-corrected chi connectivity index (χ3v) is 1.87. The average Bonchev–Trinajstić information content (AvgIpc) is 2.15. The number of rotatable bonds is 3. The molecule has 0 heterocycles. The van der Waals surface area contributed by atoms with Crippen molar-refractivity contribution in [1.82, 2.24) is 5.32 Å². The molecule has 3 nitrogen and oxygen atoms in total. The summed E-state index contributed by atoms with van der Waals surface area (Å²) in [7, 11) is 0. The van der Waals surface area contributed by atoms with E-state index in [1.165, 1.54) is 0 Å². The zero-order chi connectivity index (χ0) is 10.6. The van der Waals surface area contributed by atoms with Crippen LogP contribution >= 0.6 is 12.6 Å². The highest BCUT2D eigenvalue weighted by Crippen LogP contribution is 2.02. The molecular formula is C10H11NO2S. The van der Waals surface area contributed by atoms with E-state index in [4.69, 9.17) is 0 Å². The fraction of sp³-hybridized carbons (Fsp3) is 0.200. The van der Waals surface area contributed by atoms with E-state index in [0.717, 1.165) is 5.56 Å². The van der Waals surface area contributed by atoms with Crippen molar-refractivity contribution in [1.29, 1.82) is 0 Å². The van der Waals surface area contributed by atoms with Crippen molar-refractivity contribution in [2.75, 3.05) is 6.54 Å². The first-order valence-electron chi connectivity index (χ1n) is 4.16. The van der Waals surface area contributed by atoms with Gasteiger partial charge in [-0.1, -0.05) is 17.7 Å². The molecule has 0 aliphatic heterocycles. The molecule has 0 bridgehead atoms. The van der Waals surface area contributed by atoms with E-state index < -0.39 is 0 Å². The van der Waals surface area contributed by atoms with E-state index in [0.29, 0.717) is 5.56 Å². The van der Waals surface area contributed by atoms with Gasteiger partial charge in [-0.15, -0.1) is 12.6 Å². The Bertz CT molecular complexity index is 346. The molecule has 1 aromatic rings. The number of benzene rings is 1. The molecule has 0 unspecified atom stereocenters. The van der Waals surface area contributed by atoms with Crippen molar-refractivity contribution in [3.63, 3.8) is 0 Å². The SMILES string of the molecule is Cc1ccc(C(=O)NCC(=O)S)cc1. The highest BCUT2D eigenvalue weighted by Gasteiger charge is 2.04. The smallest absolute Gasteiger partial charge is 0.251 e. The van der Waals surface area contributed by atoms with Crippen LogP contribution in [0.25, 0.3) is 0 Å². The van der Waals surface area contributed by atoms with Crippen LogP contribution in [0.4, 0.5) is 0 Å². The van der Waals surface area contributed by atoms with Gasteiger partial charge in [0.2, 0.25) is 5.12 Å². The lowest BCUT2D eigenvalue weighted by Gasteiger charge is -2.02. The van der Waals surface area contributed by atoms with Gasteiger partial charge in [0.1, 0.15) is 0 Å². The van der Waals surface area contributed by atoms with Crippen LogP contribution in [-0.2, 0) is 4.79 Å². The van der Waals surface area contributed by atoms with Crippen LogP contribution in [0.3, 0.4) is 0 Å². The first-order chi connectivity index (χ1) is 6.59. The number of thiol groups is 1. The van der Waals surface area contributed by atoms with E-state index in [1.807, 2.05) is 19.1 Å². The molecule has 0 aliphatic rings. The fourth-order valence-electron chi connectivity index (χ4n) is 0.963. The summed E-state index contributed by atoms with van der Waals surface area (Å²) >= 11 is 3.55. The van der Waals surface area contributed by atoms with E-state index >= 15 is 0 Å². The molecule has 0 spiro atoms. The number of aryl methyl sites for hydroxylation is 1. The Morgan fingerprint density at radius 1 is 1.29 bits per heavy atom. The maximum Gasteiger partial charge on any atom is 0.251 e. The number of hydrogen-bond donors (Lipinski definition) is 2. The summed E-state index contributed by atoms with van der Waals surface area (Å²) in [5.74, 6) is -0.257. The zero-order valence-electron chi connectivity index (χ0n) is 7.78. The lowest BCUT2D eigenvalue weighted by Crippen LogP contribution is -2.27. The summed E-state index contributed by atoms with van der Waals surface area (Å²) in [5, 5.41) is 2.10. The standard InChI is InChI=1S/C10H11NO2S/c1-7-2-4-8(5-3-7)10(13)11-6-9(12)14/h2-5H,6H2,1H3,(H,11,13)(H,12,14). The van der Waals surface area contributed by atoms with Crippen molar-refractivity contribution in [3.05, 3.63) is 35.4 Å². The van der Waals surface area contributed by atoms with Gasteiger partial charge in [0.25, 0.3) is 5.91 Å². The first-order valence-corrected chi connectivity index (χ1v) is 4.61. The van der Waals surface area contributed by atoms with Crippen LogP contribution < -0.4 is 5.32 Å². The summed E-state index contributed by atoms with van der Waals surface area (Å²) in [5.41, 5.74) is 1.64. The lowest BCUT2D eigenvalue weighted by molar-refractivity contribution is -0.110. The number of amides is 1. The number of carbonyl (C=O) groups excluding carboxylic acids is 2. The number of carbonyl (C=O) groups is 2. The van der Waals surface area contributed by atoms with E-state index in [1.54, 1.807) is 12.1 Å². The minimum absolute atomic E-state index is 0.0458. The second-order valence-electron chi connectivity index (χ2n) is 2.94. The van der Waals surface area contributed by atoms with Crippen molar-refractivity contribution in [2.45, 2.75) is 6.92 Å². The molecule has 0 atom stereocenters. The fourth-order valence-corrected chi connectivity index (χ4v) is 1.04. The molecule has 0 saturated heterocycles.